The van der Waals surface area contributed by atoms with Crippen LogP contribution >= 0.6 is 0 Å². The van der Waals surface area contributed by atoms with Crippen LogP contribution in [0.25, 0.3) is 0 Å². The number of nitrogens with zero attached hydrogens (tertiary/aromatic N) is 1. The van der Waals surface area contributed by atoms with Crippen molar-refractivity contribution in [3.63, 3.8) is 0 Å². The number of hydrogen-bond acceptors (Lipinski definition) is 3. The first kappa shape index (κ1) is 13.3. The van der Waals surface area contributed by atoms with Gasteiger partial charge in [-0.05, 0) is 43.7 Å². The molecule has 3 nitrogen and oxygen atoms in total. The van der Waals surface area contributed by atoms with E-state index in [1.807, 2.05) is 19.1 Å². The zero-order valence-electron chi connectivity index (χ0n) is 11.4. The van der Waals surface area contributed by atoms with Gasteiger partial charge in [0.1, 0.15) is 5.75 Å². The van der Waals surface area contributed by atoms with Gasteiger partial charge in [-0.25, -0.2) is 0 Å². The van der Waals surface area contributed by atoms with Gasteiger partial charge in [0.05, 0.1) is 18.5 Å². The molecule has 1 aliphatic rings. The fraction of sp³-hybridized carbons (Fsp3) is 0.667. The molecule has 3 atom stereocenters. The summed E-state index contributed by atoms with van der Waals surface area (Å²) in [6.07, 6.45) is 7.10. The molecule has 1 saturated carbocycles. The summed E-state index contributed by atoms with van der Waals surface area (Å²) >= 11 is 0. The standard InChI is InChI=1S/C15H24N2O/c1-11-4-3-5-13(8-11)10-18-14-6-7-15(12(2)16)17-9-14/h6-7,9,11-13H,3-5,8,10,16H2,1-2H3. The molecule has 0 spiro atoms. The van der Waals surface area contributed by atoms with E-state index >= 15 is 0 Å². The summed E-state index contributed by atoms with van der Waals surface area (Å²) in [7, 11) is 0. The Labute approximate surface area is 110 Å². The van der Waals surface area contributed by atoms with Crippen molar-refractivity contribution < 1.29 is 4.74 Å². The van der Waals surface area contributed by atoms with Crippen LogP contribution < -0.4 is 10.5 Å². The number of hydrogen-bond donors (Lipinski definition) is 1. The van der Waals surface area contributed by atoms with Crippen molar-refractivity contribution in [2.75, 3.05) is 6.61 Å². The largest absolute Gasteiger partial charge is 0.492 e. The third-order valence-electron chi connectivity index (χ3n) is 3.76. The summed E-state index contributed by atoms with van der Waals surface area (Å²) in [5.41, 5.74) is 6.68. The fourth-order valence-electron chi connectivity index (χ4n) is 2.67. The van der Waals surface area contributed by atoms with Crippen LogP contribution in [-0.4, -0.2) is 11.6 Å². The van der Waals surface area contributed by atoms with Gasteiger partial charge in [0.25, 0.3) is 0 Å². The zero-order chi connectivity index (χ0) is 13.0. The van der Waals surface area contributed by atoms with E-state index in [1.54, 1.807) is 6.20 Å². The van der Waals surface area contributed by atoms with E-state index in [0.717, 1.165) is 24.0 Å². The first-order valence-electron chi connectivity index (χ1n) is 6.99. The molecule has 18 heavy (non-hydrogen) atoms. The molecule has 0 aliphatic heterocycles. The maximum atomic E-state index is 5.83. The van der Waals surface area contributed by atoms with Gasteiger partial charge in [0.15, 0.2) is 0 Å². The zero-order valence-corrected chi connectivity index (χ0v) is 11.4. The molecule has 1 aliphatic carbocycles. The predicted molar refractivity (Wildman–Crippen MR) is 73.5 cm³/mol. The van der Waals surface area contributed by atoms with Gasteiger partial charge in [-0.15, -0.1) is 0 Å². The maximum Gasteiger partial charge on any atom is 0.137 e. The monoisotopic (exact) mass is 248 g/mol. The van der Waals surface area contributed by atoms with Crippen molar-refractivity contribution >= 4 is 0 Å². The van der Waals surface area contributed by atoms with Crippen LogP contribution in [0.5, 0.6) is 5.75 Å². The highest BCUT2D eigenvalue weighted by Crippen LogP contribution is 2.29. The Morgan fingerprint density at radius 3 is 2.89 bits per heavy atom. The van der Waals surface area contributed by atoms with Crippen molar-refractivity contribution in [3.05, 3.63) is 24.0 Å². The van der Waals surface area contributed by atoms with Gasteiger partial charge < -0.3 is 10.5 Å². The van der Waals surface area contributed by atoms with Crippen molar-refractivity contribution in [3.8, 4) is 5.75 Å². The minimum atomic E-state index is -0.0155. The molecular formula is C15H24N2O. The molecule has 0 aromatic carbocycles. The molecule has 1 fully saturated rings. The lowest BCUT2D eigenvalue weighted by molar-refractivity contribution is 0.182. The third-order valence-corrected chi connectivity index (χ3v) is 3.76. The second-order valence-corrected chi connectivity index (χ2v) is 5.66. The molecule has 0 bridgehead atoms. The quantitative estimate of drug-likeness (QED) is 0.889. The molecule has 2 rings (SSSR count). The highest BCUT2D eigenvalue weighted by Gasteiger charge is 2.19. The predicted octanol–water partition coefficient (Wildman–Crippen LogP) is 3.31. The summed E-state index contributed by atoms with van der Waals surface area (Å²) in [6.45, 7) is 5.10. The Kier molecular flexibility index (Phi) is 4.59. The van der Waals surface area contributed by atoms with Gasteiger partial charge in [0.2, 0.25) is 0 Å². The summed E-state index contributed by atoms with van der Waals surface area (Å²) in [5, 5.41) is 0. The first-order valence-corrected chi connectivity index (χ1v) is 6.99. The fourth-order valence-corrected chi connectivity index (χ4v) is 2.67. The Balaban J connectivity index is 1.82. The first-order chi connectivity index (χ1) is 8.65. The normalized spacial score (nSPS) is 25.7. The molecule has 2 N–H and O–H groups in total. The SMILES string of the molecule is CC1CCCC(COc2ccc(C(C)N)nc2)C1. The van der Waals surface area contributed by atoms with E-state index < -0.39 is 0 Å². The van der Waals surface area contributed by atoms with Gasteiger partial charge in [-0.1, -0.05) is 19.8 Å². The molecule has 1 aromatic rings. The van der Waals surface area contributed by atoms with Crippen LogP contribution in [0.15, 0.2) is 18.3 Å². The minimum Gasteiger partial charge on any atom is -0.492 e. The lowest BCUT2D eigenvalue weighted by atomic mass is 9.83. The van der Waals surface area contributed by atoms with E-state index in [1.165, 1.54) is 25.7 Å². The van der Waals surface area contributed by atoms with Crippen LogP contribution in [0.4, 0.5) is 0 Å². The van der Waals surface area contributed by atoms with Gasteiger partial charge in [-0.2, -0.15) is 0 Å². The molecule has 0 amide bonds. The molecule has 1 heterocycles. The average molecular weight is 248 g/mol. The van der Waals surface area contributed by atoms with Gasteiger partial charge in [-0.3, -0.25) is 4.98 Å². The van der Waals surface area contributed by atoms with Crippen LogP contribution in [0.1, 0.15) is 51.3 Å². The number of aromatic nitrogens is 1. The van der Waals surface area contributed by atoms with Crippen LogP contribution in [0.2, 0.25) is 0 Å². The smallest absolute Gasteiger partial charge is 0.137 e. The average Bonchev–Trinajstić information content (AvgIpc) is 2.37. The van der Waals surface area contributed by atoms with Crippen molar-refractivity contribution in [1.29, 1.82) is 0 Å². The van der Waals surface area contributed by atoms with Crippen LogP contribution in [-0.2, 0) is 0 Å². The molecule has 1 aromatic heterocycles. The topological polar surface area (TPSA) is 48.1 Å². The number of nitrogens with two attached hydrogens (primary N) is 1. The maximum absolute atomic E-state index is 5.83. The van der Waals surface area contributed by atoms with Crippen LogP contribution in [0.3, 0.4) is 0 Å². The summed E-state index contributed by atoms with van der Waals surface area (Å²) < 4.78 is 5.83. The van der Waals surface area contributed by atoms with Crippen molar-refractivity contribution in [2.45, 2.75) is 45.6 Å². The molecule has 100 valence electrons. The highest BCUT2D eigenvalue weighted by atomic mass is 16.5. The third kappa shape index (κ3) is 3.70. The number of ether oxygens (including phenoxy) is 1. The molecule has 0 saturated heterocycles. The number of rotatable bonds is 4. The molecule has 3 heteroatoms. The second-order valence-electron chi connectivity index (χ2n) is 5.66. The second kappa shape index (κ2) is 6.19. The lowest BCUT2D eigenvalue weighted by Crippen LogP contribution is -2.19. The van der Waals surface area contributed by atoms with Crippen molar-refractivity contribution in [2.24, 2.45) is 17.6 Å². The lowest BCUT2D eigenvalue weighted by Gasteiger charge is -2.26. The molecule has 0 radical (unpaired) electrons. The van der Waals surface area contributed by atoms with Crippen LogP contribution in [0, 0.1) is 11.8 Å². The Morgan fingerprint density at radius 2 is 2.28 bits per heavy atom. The van der Waals surface area contributed by atoms with E-state index in [9.17, 15) is 0 Å². The molecule has 3 unspecified atom stereocenters. The Hall–Kier alpha value is -1.09. The van der Waals surface area contributed by atoms with E-state index in [2.05, 4.69) is 11.9 Å². The Morgan fingerprint density at radius 1 is 1.44 bits per heavy atom. The minimum absolute atomic E-state index is 0.0155. The molecular weight excluding hydrogens is 224 g/mol. The summed E-state index contributed by atoms with van der Waals surface area (Å²) in [4.78, 5) is 4.31. The van der Waals surface area contributed by atoms with Crippen molar-refractivity contribution in [1.82, 2.24) is 4.98 Å². The highest BCUT2D eigenvalue weighted by molar-refractivity contribution is 5.21. The van der Waals surface area contributed by atoms with Gasteiger partial charge in [0, 0.05) is 6.04 Å². The van der Waals surface area contributed by atoms with E-state index in [4.69, 9.17) is 10.5 Å². The Bertz CT molecular complexity index is 361. The number of pyridine rings is 1. The summed E-state index contributed by atoms with van der Waals surface area (Å²) in [5.74, 6) is 2.42. The van der Waals surface area contributed by atoms with E-state index in [-0.39, 0.29) is 6.04 Å². The van der Waals surface area contributed by atoms with Gasteiger partial charge >= 0.3 is 0 Å². The van der Waals surface area contributed by atoms with E-state index in [0.29, 0.717) is 5.92 Å². The summed E-state index contributed by atoms with van der Waals surface area (Å²) in [6, 6.07) is 3.90.